The summed E-state index contributed by atoms with van der Waals surface area (Å²) in [6.45, 7) is 5.44. The first-order valence-corrected chi connectivity index (χ1v) is 5.26. The molecule has 1 aromatic rings. The van der Waals surface area contributed by atoms with Crippen LogP contribution >= 0.6 is 15.9 Å². The monoisotopic (exact) mass is 275 g/mol. The molecule has 0 spiro atoms. The Morgan fingerprint density at radius 3 is 2.67 bits per heavy atom. The van der Waals surface area contributed by atoms with Gasteiger partial charge in [0.15, 0.2) is 0 Å². The van der Waals surface area contributed by atoms with Crippen molar-refractivity contribution in [3.8, 4) is 0 Å². The second-order valence-electron chi connectivity index (χ2n) is 3.52. The first-order chi connectivity index (χ1) is 6.93. The summed E-state index contributed by atoms with van der Waals surface area (Å²) in [6.07, 6.45) is 0.365. The molecular formula is C11H12BrF2N. The van der Waals surface area contributed by atoms with Gasteiger partial charge in [0.25, 0.3) is 0 Å². The van der Waals surface area contributed by atoms with Gasteiger partial charge in [0, 0.05) is 11.6 Å². The number of hydrogen-bond acceptors (Lipinski definition) is 1. The third-order valence-electron chi connectivity index (χ3n) is 2.02. The summed E-state index contributed by atoms with van der Waals surface area (Å²) in [6, 6.07) is 1.82. The molecule has 1 nitrogen and oxygen atoms in total. The molecule has 0 radical (unpaired) electrons. The van der Waals surface area contributed by atoms with E-state index in [2.05, 4.69) is 22.5 Å². The lowest BCUT2D eigenvalue weighted by atomic mass is 10.0. The van der Waals surface area contributed by atoms with Crippen LogP contribution in [-0.2, 0) is 0 Å². The first-order valence-electron chi connectivity index (χ1n) is 4.46. The maximum absolute atomic E-state index is 13.6. The van der Waals surface area contributed by atoms with E-state index in [0.29, 0.717) is 6.42 Å². The van der Waals surface area contributed by atoms with Crippen molar-refractivity contribution in [3.63, 3.8) is 0 Å². The number of benzene rings is 1. The van der Waals surface area contributed by atoms with Crippen LogP contribution in [0.1, 0.15) is 24.9 Å². The minimum absolute atomic E-state index is 0.0904. The molecule has 82 valence electrons. The van der Waals surface area contributed by atoms with Crippen LogP contribution in [0.25, 0.3) is 0 Å². The van der Waals surface area contributed by atoms with Crippen LogP contribution in [0.15, 0.2) is 28.8 Å². The van der Waals surface area contributed by atoms with E-state index in [1.807, 2.05) is 0 Å². The van der Waals surface area contributed by atoms with Crippen LogP contribution < -0.4 is 5.73 Å². The van der Waals surface area contributed by atoms with Gasteiger partial charge in [-0.05, 0) is 41.4 Å². The molecule has 0 saturated heterocycles. The lowest BCUT2D eigenvalue weighted by molar-refractivity contribution is 0.520. The molecule has 0 aromatic heterocycles. The second-order valence-corrected chi connectivity index (χ2v) is 4.38. The predicted octanol–water partition coefficient (Wildman–Crippen LogP) is 3.69. The van der Waals surface area contributed by atoms with Crippen LogP contribution in [0.3, 0.4) is 0 Å². The van der Waals surface area contributed by atoms with E-state index >= 15 is 0 Å². The van der Waals surface area contributed by atoms with Crippen LogP contribution in [0, 0.1) is 11.6 Å². The van der Waals surface area contributed by atoms with E-state index in [-0.39, 0.29) is 10.0 Å². The van der Waals surface area contributed by atoms with Crippen molar-refractivity contribution in [2.75, 3.05) is 0 Å². The van der Waals surface area contributed by atoms with E-state index in [0.717, 1.165) is 5.57 Å². The van der Waals surface area contributed by atoms with E-state index in [1.165, 1.54) is 12.1 Å². The summed E-state index contributed by atoms with van der Waals surface area (Å²) in [5, 5.41) is 0. The third-order valence-corrected chi connectivity index (χ3v) is 2.63. The summed E-state index contributed by atoms with van der Waals surface area (Å²) in [4.78, 5) is 0. The number of rotatable bonds is 3. The van der Waals surface area contributed by atoms with Crippen LogP contribution in [0.5, 0.6) is 0 Å². The molecule has 0 heterocycles. The summed E-state index contributed by atoms with van der Waals surface area (Å²) < 4.78 is 27.1. The lowest BCUT2D eigenvalue weighted by Crippen LogP contribution is -2.14. The fourth-order valence-electron chi connectivity index (χ4n) is 1.36. The van der Waals surface area contributed by atoms with Crippen molar-refractivity contribution < 1.29 is 8.78 Å². The third kappa shape index (κ3) is 2.86. The van der Waals surface area contributed by atoms with Gasteiger partial charge in [0.05, 0.1) is 4.47 Å². The van der Waals surface area contributed by atoms with Crippen LogP contribution in [0.2, 0.25) is 0 Å². The normalized spacial score (nSPS) is 12.6. The Balaban J connectivity index is 3.12. The molecule has 1 atom stereocenters. The summed E-state index contributed by atoms with van der Waals surface area (Å²) in [7, 11) is 0. The topological polar surface area (TPSA) is 26.0 Å². The van der Waals surface area contributed by atoms with E-state index < -0.39 is 17.7 Å². The van der Waals surface area contributed by atoms with E-state index in [1.54, 1.807) is 6.92 Å². The van der Waals surface area contributed by atoms with Gasteiger partial charge in [-0.1, -0.05) is 5.57 Å². The average Bonchev–Trinajstić information content (AvgIpc) is 2.11. The second kappa shape index (κ2) is 4.86. The van der Waals surface area contributed by atoms with Crippen molar-refractivity contribution in [2.24, 2.45) is 5.73 Å². The molecule has 0 amide bonds. The zero-order chi connectivity index (χ0) is 11.6. The quantitative estimate of drug-likeness (QED) is 0.661. The molecule has 2 N–H and O–H groups in total. The molecule has 15 heavy (non-hydrogen) atoms. The Bertz CT molecular complexity index is 390. The Hall–Kier alpha value is -0.740. The van der Waals surface area contributed by atoms with Crippen molar-refractivity contribution in [1.82, 2.24) is 0 Å². The highest BCUT2D eigenvalue weighted by Gasteiger charge is 2.18. The van der Waals surface area contributed by atoms with Gasteiger partial charge in [0.1, 0.15) is 11.6 Å². The largest absolute Gasteiger partial charge is 0.324 e. The van der Waals surface area contributed by atoms with Gasteiger partial charge in [-0.3, -0.25) is 0 Å². The molecule has 1 aromatic carbocycles. The smallest absolute Gasteiger partial charge is 0.145 e. The first kappa shape index (κ1) is 12.3. The number of nitrogens with two attached hydrogens (primary N) is 1. The molecule has 0 aliphatic heterocycles. The summed E-state index contributed by atoms with van der Waals surface area (Å²) in [5.74, 6) is -1.26. The van der Waals surface area contributed by atoms with Gasteiger partial charge in [-0.2, -0.15) is 0 Å². The maximum Gasteiger partial charge on any atom is 0.145 e. The van der Waals surface area contributed by atoms with Crippen LogP contribution in [0.4, 0.5) is 8.78 Å². The van der Waals surface area contributed by atoms with Crippen LogP contribution in [-0.4, -0.2) is 0 Å². The zero-order valence-corrected chi connectivity index (χ0v) is 9.94. The fraction of sp³-hybridized carbons (Fsp3) is 0.273. The molecule has 0 bridgehead atoms. The Morgan fingerprint density at radius 1 is 1.53 bits per heavy atom. The van der Waals surface area contributed by atoms with Crippen molar-refractivity contribution >= 4 is 15.9 Å². The zero-order valence-electron chi connectivity index (χ0n) is 8.36. The average molecular weight is 276 g/mol. The minimum Gasteiger partial charge on any atom is -0.324 e. The van der Waals surface area contributed by atoms with Gasteiger partial charge in [0.2, 0.25) is 0 Å². The van der Waals surface area contributed by atoms with Crippen molar-refractivity contribution in [1.29, 1.82) is 0 Å². The SMILES string of the molecule is C=C(C)C[C@H](N)c1c(F)ccc(Br)c1F. The molecule has 4 heteroatoms. The van der Waals surface area contributed by atoms with Crippen molar-refractivity contribution in [3.05, 3.63) is 46.0 Å². The molecule has 1 rings (SSSR count). The van der Waals surface area contributed by atoms with Crippen molar-refractivity contribution in [2.45, 2.75) is 19.4 Å². The minimum atomic E-state index is -0.694. The Labute approximate surface area is 96.1 Å². The molecule has 0 saturated carbocycles. The van der Waals surface area contributed by atoms with Gasteiger partial charge in [-0.15, -0.1) is 6.58 Å². The Morgan fingerprint density at radius 2 is 2.13 bits per heavy atom. The van der Waals surface area contributed by atoms with E-state index in [4.69, 9.17) is 5.73 Å². The van der Waals surface area contributed by atoms with Gasteiger partial charge < -0.3 is 5.73 Å². The Kier molecular flexibility index (Phi) is 3.99. The van der Waals surface area contributed by atoms with Gasteiger partial charge >= 0.3 is 0 Å². The summed E-state index contributed by atoms with van der Waals surface area (Å²) in [5.41, 5.74) is 6.41. The number of hydrogen-bond donors (Lipinski definition) is 1. The molecule has 0 fully saturated rings. The highest BCUT2D eigenvalue weighted by Crippen LogP contribution is 2.28. The standard InChI is InChI=1S/C11H12BrF2N/c1-6(2)5-9(15)10-8(13)4-3-7(12)11(10)14/h3-4,9H,1,5,15H2,2H3/t9-/m0/s1. The predicted molar refractivity (Wildman–Crippen MR) is 60.4 cm³/mol. The molecule has 0 aliphatic rings. The summed E-state index contributed by atoms with van der Waals surface area (Å²) >= 11 is 3.00. The maximum atomic E-state index is 13.6. The molecule has 0 aliphatic carbocycles. The number of halogens is 3. The molecule has 0 unspecified atom stereocenters. The van der Waals surface area contributed by atoms with Gasteiger partial charge in [-0.25, -0.2) is 8.78 Å². The molecular weight excluding hydrogens is 264 g/mol. The fourth-order valence-corrected chi connectivity index (χ4v) is 1.71. The lowest BCUT2D eigenvalue weighted by Gasteiger charge is -2.14. The highest BCUT2D eigenvalue weighted by atomic mass is 79.9. The highest BCUT2D eigenvalue weighted by molar-refractivity contribution is 9.10. The van der Waals surface area contributed by atoms with E-state index in [9.17, 15) is 8.78 Å².